The average molecular weight is 399 g/mol. The number of nitrogens with zero attached hydrogens (tertiary/aromatic N) is 6. The van der Waals surface area contributed by atoms with Crippen molar-refractivity contribution in [3.8, 4) is 0 Å². The number of rotatable bonds is 6. The fourth-order valence-electron chi connectivity index (χ4n) is 2.15. The standard InChI is InChI=1S/2C6H18N3P.2ClH/c2*1-7(2)10(8(3)4)9(5)6;;/h2*1-6H3;2*1H. The maximum absolute atomic E-state index is 2.23. The third-order valence-electron chi connectivity index (χ3n) is 2.15. The lowest BCUT2D eigenvalue weighted by atomic mass is 11.2. The van der Waals surface area contributed by atoms with Gasteiger partial charge < -0.3 is 0 Å². The van der Waals surface area contributed by atoms with Crippen LogP contribution in [0.2, 0.25) is 0 Å². The minimum atomic E-state index is -0.238. The van der Waals surface area contributed by atoms with Gasteiger partial charge in [0.1, 0.15) is 16.7 Å². The predicted octanol–water partition coefficient (Wildman–Crippen LogP) is 2.64. The van der Waals surface area contributed by atoms with E-state index in [9.17, 15) is 0 Å². The minimum Gasteiger partial charge on any atom is -0.264 e. The summed E-state index contributed by atoms with van der Waals surface area (Å²) in [6.07, 6.45) is 0. The lowest BCUT2D eigenvalue weighted by Crippen LogP contribution is -2.25. The first-order valence-electron chi connectivity index (χ1n) is 6.57. The van der Waals surface area contributed by atoms with Crippen molar-refractivity contribution in [1.82, 2.24) is 28.0 Å². The summed E-state index contributed by atoms with van der Waals surface area (Å²) >= 11 is 0. The molecule has 0 bridgehead atoms. The monoisotopic (exact) mass is 398 g/mol. The summed E-state index contributed by atoms with van der Waals surface area (Å²) in [7, 11) is 24.8. The molecular weight excluding hydrogens is 361 g/mol. The number of hydrogen-bond donors (Lipinski definition) is 0. The van der Waals surface area contributed by atoms with Gasteiger partial charge in [-0.25, -0.2) is 0 Å². The molecule has 0 atom stereocenters. The molecule has 0 saturated heterocycles. The molecule has 0 aromatic heterocycles. The van der Waals surface area contributed by atoms with Gasteiger partial charge in [0.15, 0.2) is 0 Å². The fraction of sp³-hybridized carbons (Fsp3) is 1.00. The van der Waals surface area contributed by atoms with E-state index in [0.717, 1.165) is 0 Å². The van der Waals surface area contributed by atoms with Crippen LogP contribution < -0.4 is 0 Å². The third-order valence-corrected chi connectivity index (χ3v) is 6.44. The highest BCUT2D eigenvalue weighted by molar-refractivity contribution is 7.50. The van der Waals surface area contributed by atoms with E-state index >= 15 is 0 Å². The van der Waals surface area contributed by atoms with Gasteiger partial charge in [-0.3, -0.25) is 28.0 Å². The molecule has 140 valence electrons. The second-order valence-corrected chi connectivity index (χ2v) is 11.5. The van der Waals surface area contributed by atoms with Gasteiger partial charge in [0.2, 0.25) is 0 Å². The maximum Gasteiger partial charge on any atom is 0.118 e. The Balaban J connectivity index is -0.000000135. The van der Waals surface area contributed by atoms with E-state index in [2.05, 4.69) is 113 Å². The molecule has 0 aliphatic heterocycles. The van der Waals surface area contributed by atoms with Crippen molar-refractivity contribution in [2.45, 2.75) is 0 Å². The quantitative estimate of drug-likeness (QED) is 0.636. The lowest BCUT2D eigenvalue weighted by molar-refractivity contribution is 0.490. The molecule has 0 radical (unpaired) electrons. The Hall–Kier alpha value is 1.20. The topological polar surface area (TPSA) is 19.4 Å². The van der Waals surface area contributed by atoms with E-state index in [1.807, 2.05) is 0 Å². The third kappa shape index (κ3) is 13.6. The Labute approximate surface area is 154 Å². The van der Waals surface area contributed by atoms with Crippen molar-refractivity contribution >= 4 is 41.6 Å². The van der Waals surface area contributed by atoms with E-state index in [-0.39, 0.29) is 41.6 Å². The normalized spacial score (nSPS) is 11.5. The molecule has 6 nitrogen and oxygen atoms in total. The molecule has 0 amide bonds. The van der Waals surface area contributed by atoms with Crippen molar-refractivity contribution in [3.63, 3.8) is 0 Å². The SMILES string of the molecule is CN(C)P(N(C)C)N(C)C.CN(C)P(N(C)C)N(C)C.Cl.Cl. The van der Waals surface area contributed by atoms with Crippen LogP contribution in [-0.2, 0) is 0 Å². The first kappa shape index (κ1) is 31.0. The van der Waals surface area contributed by atoms with Gasteiger partial charge in [-0.05, 0) is 84.6 Å². The molecule has 0 heterocycles. The fourth-order valence-corrected chi connectivity index (χ4v) is 6.44. The molecule has 0 aliphatic rings. The smallest absolute Gasteiger partial charge is 0.118 e. The zero-order chi connectivity index (χ0) is 16.6. The summed E-state index contributed by atoms with van der Waals surface area (Å²) in [5.41, 5.74) is 0. The molecular formula is C12H38Cl2N6P2. The Bertz CT molecular complexity index is 182. The molecule has 0 fully saturated rings. The van der Waals surface area contributed by atoms with Crippen LogP contribution in [-0.4, -0.2) is 113 Å². The molecule has 0 aromatic rings. The highest BCUT2D eigenvalue weighted by Crippen LogP contribution is 2.41. The Morgan fingerprint density at radius 1 is 0.318 bits per heavy atom. The Morgan fingerprint density at radius 3 is 0.409 bits per heavy atom. The van der Waals surface area contributed by atoms with Gasteiger partial charge in [-0.1, -0.05) is 0 Å². The van der Waals surface area contributed by atoms with Crippen molar-refractivity contribution in [3.05, 3.63) is 0 Å². The molecule has 22 heavy (non-hydrogen) atoms. The summed E-state index contributed by atoms with van der Waals surface area (Å²) in [5.74, 6) is 0. The zero-order valence-electron chi connectivity index (χ0n) is 16.4. The van der Waals surface area contributed by atoms with Gasteiger partial charge >= 0.3 is 0 Å². The molecule has 0 N–H and O–H groups in total. The van der Waals surface area contributed by atoms with Crippen molar-refractivity contribution in [2.24, 2.45) is 0 Å². The van der Waals surface area contributed by atoms with Gasteiger partial charge in [0.05, 0.1) is 0 Å². The van der Waals surface area contributed by atoms with Crippen LogP contribution >= 0.6 is 41.6 Å². The largest absolute Gasteiger partial charge is 0.264 e. The summed E-state index contributed by atoms with van der Waals surface area (Å²) in [5, 5.41) is 0. The summed E-state index contributed by atoms with van der Waals surface area (Å²) in [4.78, 5) is 0. The van der Waals surface area contributed by atoms with Crippen molar-refractivity contribution in [2.75, 3.05) is 84.6 Å². The van der Waals surface area contributed by atoms with E-state index in [4.69, 9.17) is 0 Å². The molecule has 0 rings (SSSR count). The Morgan fingerprint density at radius 2 is 0.409 bits per heavy atom. The highest BCUT2D eigenvalue weighted by atomic mass is 35.5. The van der Waals surface area contributed by atoms with Crippen molar-refractivity contribution < 1.29 is 0 Å². The van der Waals surface area contributed by atoms with Crippen LogP contribution in [0.5, 0.6) is 0 Å². The van der Waals surface area contributed by atoms with E-state index < -0.39 is 0 Å². The molecule has 0 unspecified atom stereocenters. The number of halogens is 2. The van der Waals surface area contributed by atoms with E-state index in [1.165, 1.54) is 0 Å². The summed E-state index contributed by atoms with van der Waals surface area (Å²) in [6.45, 7) is 0. The second-order valence-electron chi connectivity index (χ2n) is 5.62. The highest BCUT2D eigenvalue weighted by Gasteiger charge is 2.16. The predicted molar refractivity (Wildman–Crippen MR) is 110 cm³/mol. The van der Waals surface area contributed by atoms with Gasteiger partial charge in [-0.2, -0.15) is 0 Å². The summed E-state index contributed by atoms with van der Waals surface area (Å²) in [6, 6.07) is 0. The van der Waals surface area contributed by atoms with E-state index in [1.54, 1.807) is 0 Å². The molecule has 0 saturated carbocycles. The Kier molecular flexibility index (Phi) is 22.2. The van der Waals surface area contributed by atoms with Crippen LogP contribution in [0, 0.1) is 0 Å². The van der Waals surface area contributed by atoms with E-state index in [0.29, 0.717) is 0 Å². The van der Waals surface area contributed by atoms with Crippen LogP contribution in [0.25, 0.3) is 0 Å². The minimum absolute atomic E-state index is 0. The van der Waals surface area contributed by atoms with Gasteiger partial charge in [-0.15, -0.1) is 24.8 Å². The van der Waals surface area contributed by atoms with Gasteiger partial charge in [0, 0.05) is 0 Å². The maximum atomic E-state index is 2.23. The molecule has 0 aliphatic carbocycles. The van der Waals surface area contributed by atoms with Gasteiger partial charge in [0.25, 0.3) is 0 Å². The molecule has 10 heteroatoms. The van der Waals surface area contributed by atoms with Crippen molar-refractivity contribution in [1.29, 1.82) is 0 Å². The number of hydrogen-bond acceptors (Lipinski definition) is 6. The first-order chi connectivity index (χ1) is 8.93. The van der Waals surface area contributed by atoms with Crippen LogP contribution in [0.15, 0.2) is 0 Å². The first-order valence-corrected chi connectivity index (χ1v) is 8.97. The van der Waals surface area contributed by atoms with Crippen LogP contribution in [0.4, 0.5) is 0 Å². The molecule has 0 spiro atoms. The average Bonchev–Trinajstić information content (AvgIpc) is 2.12. The van der Waals surface area contributed by atoms with Crippen LogP contribution in [0.1, 0.15) is 0 Å². The lowest BCUT2D eigenvalue weighted by Gasteiger charge is -2.34. The second kappa shape index (κ2) is 15.7. The zero-order valence-corrected chi connectivity index (χ0v) is 19.8. The van der Waals surface area contributed by atoms with Crippen LogP contribution in [0.3, 0.4) is 0 Å². The molecule has 0 aromatic carbocycles. The summed E-state index contributed by atoms with van der Waals surface area (Å²) < 4.78 is 13.4.